The molecule has 0 aliphatic carbocycles. The van der Waals surface area contributed by atoms with E-state index in [1.54, 1.807) is 0 Å². The quantitative estimate of drug-likeness (QED) is 0.771. The van der Waals surface area contributed by atoms with Crippen LogP contribution in [0.5, 0.6) is 0 Å². The molecule has 1 radical (unpaired) electrons. The van der Waals surface area contributed by atoms with E-state index in [1.165, 1.54) is 11.3 Å². The molecule has 2 aromatic carbocycles. The summed E-state index contributed by atoms with van der Waals surface area (Å²) in [6, 6.07) is 21.8. The lowest BCUT2D eigenvalue weighted by molar-refractivity contribution is 0.501. The van der Waals surface area contributed by atoms with E-state index in [-0.39, 0.29) is 5.54 Å². The summed E-state index contributed by atoms with van der Waals surface area (Å²) < 4.78 is 0. The Kier molecular flexibility index (Phi) is 3.71. The fourth-order valence-electron chi connectivity index (χ4n) is 2.04. The summed E-state index contributed by atoms with van der Waals surface area (Å²) in [5.74, 6) is 0. The van der Waals surface area contributed by atoms with Gasteiger partial charge in [0.25, 0.3) is 0 Å². The predicted octanol–water partition coefficient (Wildman–Crippen LogP) is 4.29. The zero-order valence-corrected chi connectivity index (χ0v) is 11.4. The molecule has 18 heavy (non-hydrogen) atoms. The van der Waals surface area contributed by atoms with Crippen molar-refractivity contribution in [2.45, 2.75) is 32.9 Å². The molecule has 0 bridgehead atoms. The van der Waals surface area contributed by atoms with Gasteiger partial charge >= 0.3 is 0 Å². The third kappa shape index (κ3) is 3.13. The third-order valence-corrected chi connectivity index (χ3v) is 3.01. The fourth-order valence-corrected chi connectivity index (χ4v) is 2.04. The predicted molar refractivity (Wildman–Crippen MR) is 77.7 cm³/mol. The maximum atomic E-state index is 3.08. The topological polar surface area (TPSA) is 3.24 Å². The van der Waals surface area contributed by atoms with Crippen molar-refractivity contribution in [3.8, 4) is 0 Å². The molecular formula is C17H20N. The Bertz CT molecular complexity index is 468. The average Bonchev–Trinajstić information content (AvgIpc) is 2.37. The van der Waals surface area contributed by atoms with E-state index in [0.29, 0.717) is 0 Å². The van der Waals surface area contributed by atoms with Crippen LogP contribution in [-0.4, -0.2) is 5.54 Å². The van der Waals surface area contributed by atoms with E-state index in [0.717, 1.165) is 6.54 Å². The minimum Gasteiger partial charge on any atom is -0.362 e. The molecule has 0 fully saturated rings. The van der Waals surface area contributed by atoms with Gasteiger partial charge in [-0.05, 0) is 44.5 Å². The molecule has 2 aromatic rings. The molecule has 0 saturated heterocycles. The molecule has 0 aromatic heterocycles. The molecule has 0 N–H and O–H groups in total. The molecular weight excluding hydrogens is 218 g/mol. The summed E-state index contributed by atoms with van der Waals surface area (Å²) in [5, 5.41) is 0. The monoisotopic (exact) mass is 238 g/mol. The van der Waals surface area contributed by atoms with Crippen molar-refractivity contribution in [2.24, 2.45) is 0 Å². The first kappa shape index (κ1) is 12.7. The van der Waals surface area contributed by atoms with E-state index in [1.807, 2.05) is 12.1 Å². The van der Waals surface area contributed by atoms with Crippen molar-refractivity contribution < 1.29 is 0 Å². The van der Waals surface area contributed by atoms with Gasteiger partial charge in [-0.2, -0.15) is 0 Å². The molecule has 1 heteroatoms. The summed E-state index contributed by atoms with van der Waals surface area (Å²) in [6.45, 7) is 7.65. The summed E-state index contributed by atoms with van der Waals surface area (Å²) in [6.07, 6.45) is 0. The van der Waals surface area contributed by atoms with Crippen LogP contribution in [0.25, 0.3) is 0 Å². The van der Waals surface area contributed by atoms with Gasteiger partial charge in [0.05, 0.1) is 0 Å². The standard InChI is InChI=1S/C17H20N/c1-17(2,3)18(16-12-8-5-9-13-16)14-15-10-6-4-7-11-15/h4,6-13H,14H2,1-3H3. The maximum Gasteiger partial charge on any atom is 0.0434 e. The van der Waals surface area contributed by atoms with Crippen LogP contribution in [0.15, 0.2) is 54.6 Å². The Morgan fingerprint density at radius 2 is 1.56 bits per heavy atom. The molecule has 0 spiro atoms. The lowest BCUT2D eigenvalue weighted by Gasteiger charge is -2.38. The second-order valence-corrected chi connectivity index (χ2v) is 5.50. The number of hydrogen-bond acceptors (Lipinski definition) is 1. The van der Waals surface area contributed by atoms with Gasteiger partial charge in [-0.3, -0.25) is 0 Å². The molecule has 2 rings (SSSR count). The minimum atomic E-state index is 0.0944. The number of rotatable bonds is 3. The highest BCUT2D eigenvalue weighted by molar-refractivity contribution is 5.48. The molecule has 1 nitrogen and oxygen atoms in total. The summed E-state index contributed by atoms with van der Waals surface area (Å²) in [5.41, 5.74) is 2.67. The van der Waals surface area contributed by atoms with Gasteiger partial charge in [0, 0.05) is 17.8 Å². The SMILES string of the molecule is CC(C)(C)N(Cc1ccccc1)c1cc[c]cc1. The highest BCUT2D eigenvalue weighted by Crippen LogP contribution is 2.25. The van der Waals surface area contributed by atoms with Gasteiger partial charge in [-0.25, -0.2) is 0 Å². The first-order valence-electron chi connectivity index (χ1n) is 6.35. The van der Waals surface area contributed by atoms with Gasteiger partial charge in [-0.1, -0.05) is 42.5 Å². The Labute approximate surface area is 110 Å². The van der Waals surface area contributed by atoms with Crippen molar-refractivity contribution in [2.75, 3.05) is 4.90 Å². The molecule has 0 heterocycles. The summed E-state index contributed by atoms with van der Waals surface area (Å²) in [7, 11) is 0. The summed E-state index contributed by atoms with van der Waals surface area (Å²) >= 11 is 0. The van der Waals surface area contributed by atoms with Crippen LogP contribution in [0.2, 0.25) is 0 Å². The normalized spacial score (nSPS) is 11.3. The van der Waals surface area contributed by atoms with Crippen LogP contribution in [0.4, 0.5) is 5.69 Å². The van der Waals surface area contributed by atoms with Crippen LogP contribution >= 0.6 is 0 Å². The van der Waals surface area contributed by atoms with E-state index in [2.05, 4.69) is 74.2 Å². The van der Waals surface area contributed by atoms with Gasteiger partial charge in [0.15, 0.2) is 0 Å². The zero-order valence-electron chi connectivity index (χ0n) is 11.4. The Morgan fingerprint density at radius 3 is 2.11 bits per heavy atom. The number of nitrogens with zero attached hydrogens (tertiary/aromatic N) is 1. The zero-order chi connectivity index (χ0) is 13.0. The van der Waals surface area contributed by atoms with Gasteiger partial charge in [0.2, 0.25) is 0 Å². The molecule has 0 amide bonds. The maximum absolute atomic E-state index is 3.08. The smallest absolute Gasteiger partial charge is 0.0434 e. The van der Waals surface area contributed by atoms with E-state index in [4.69, 9.17) is 0 Å². The first-order chi connectivity index (χ1) is 8.57. The number of hydrogen-bond donors (Lipinski definition) is 0. The molecule has 0 saturated carbocycles. The van der Waals surface area contributed by atoms with E-state index < -0.39 is 0 Å². The van der Waals surface area contributed by atoms with Crippen molar-refractivity contribution in [1.82, 2.24) is 0 Å². The highest BCUT2D eigenvalue weighted by Gasteiger charge is 2.21. The number of benzene rings is 2. The summed E-state index contributed by atoms with van der Waals surface area (Å²) in [4.78, 5) is 2.41. The van der Waals surface area contributed by atoms with Crippen LogP contribution in [0.1, 0.15) is 26.3 Å². The van der Waals surface area contributed by atoms with Crippen molar-refractivity contribution in [3.05, 3.63) is 66.2 Å². The molecule has 0 aliphatic heterocycles. The van der Waals surface area contributed by atoms with E-state index in [9.17, 15) is 0 Å². The van der Waals surface area contributed by atoms with Crippen LogP contribution in [-0.2, 0) is 6.54 Å². The Hall–Kier alpha value is -1.76. The Balaban J connectivity index is 2.28. The lowest BCUT2D eigenvalue weighted by Crippen LogP contribution is -2.40. The second kappa shape index (κ2) is 5.26. The van der Waals surface area contributed by atoms with Gasteiger partial charge in [0.1, 0.15) is 0 Å². The van der Waals surface area contributed by atoms with E-state index >= 15 is 0 Å². The van der Waals surface area contributed by atoms with Crippen molar-refractivity contribution in [1.29, 1.82) is 0 Å². The number of anilines is 1. The van der Waals surface area contributed by atoms with Gasteiger partial charge in [-0.15, -0.1) is 0 Å². The minimum absolute atomic E-state index is 0.0944. The van der Waals surface area contributed by atoms with Gasteiger partial charge < -0.3 is 4.90 Å². The molecule has 0 aliphatic rings. The third-order valence-electron chi connectivity index (χ3n) is 3.01. The average molecular weight is 238 g/mol. The largest absolute Gasteiger partial charge is 0.362 e. The van der Waals surface area contributed by atoms with Crippen LogP contribution in [0.3, 0.4) is 0 Å². The van der Waals surface area contributed by atoms with Crippen LogP contribution in [0, 0.1) is 6.07 Å². The Morgan fingerprint density at radius 1 is 0.944 bits per heavy atom. The lowest BCUT2D eigenvalue weighted by atomic mass is 10.0. The molecule has 0 atom stereocenters. The highest BCUT2D eigenvalue weighted by atomic mass is 15.2. The fraction of sp³-hybridized carbons (Fsp3) is 0.294. The van der Waals surface area contributed by atoms with Crippen LogP contribution < -0.4 is 4.90 Å². The molecule has 93 valence electrons. The van der Waals surface area contributed by atoms with Crippen molar-refractivity contribution >= 4 is 5.69 Å². The molecule has 0 unspecified atom stereocenters. The second-order valence-electron chi connectivity index (χ2n) is 5.50. The van der Waals surface area contributed by atoms with Crippen molar-refractivity contribution in [3.63, 3.8) is 0 Å². The first-order valence-corrected chi connectivity index (χ1v) is 6.35.